The molecule has 0 amide bonds. The van der Waals surface area contributed by atoms with Crippen molar-refractivity contribution in [2.75, 3.05) is 33.4 Å². The van der Waals surface area contributed by atoms with Crippen LogP contribution in [0.2, 0.25) is 5.02 Å². The Labute approximate surface area is 131 Å². The molecule has 0 radical (unpaired) electrons. The van der Waals surface area contributed by atoms with Gasteiger partial charge in [0.1, 0.15) is 11.9 Å². The van der Waals surface area contributed by atoms with E-state index >= 15 is 0 Å². The summed E-state index contributed by atoms with van der Waals surface area (Å²) in [6.07, 6.45) is 2.16. The Bertz CT molecular complexity index is 491. The summed E-state index contributed by atoms with van der Waals surface area (Å²) in [4.78, 5) is 2.36. The normalized spacial score (nSPS) is 30.0. The zero-order chi connectivity index (χ0) is 14.8. The molecular formula is C16H23ClN2O2. The third-order valence-electron chi connectivity index (χ3n) is 4.49. The second-order valence-electron chi connectivity index (χ2n) is 6.09. The fourth-order valence-electron chi connectivity index (χ4n) is 3.27. The molecule has 0 spiro atoms. The summed E-state index contributed by atoms with van der Waals surface area (Å²) in [6, 6.07) is 6.55. The average molecular weight is 311 g/mol. The third-order valence-corrected chi connectivity index (χ3v) is 4.79. The van der Waals surface area contributed by atoms with Crippen LogP contribution < -0.4 is 10.5 Å². The maximum Gasteiger partial charge on any atom is 0.138 e. The van der Waals surface area contributed by atoms with Gasteiger partial charge in [0.2, 0.25) is 0 Å². The molecule has 0 aliphatic carbocycles. The largest absolute Gasteiger partial charge is 0.486 e. The van der Waals surface area contributed by atoms with Crippen molar-refractivity contribution >= 4 is 11.6 Å². The zero-order valence-corrected chi connectivity index (χ0v) is 13.2. The first-order valence-electron chi connectivity index (χ1n) is 7.61. The van der Waals surface area contributed by atoms with E-state index in [9.17, 15) is 0 Å². The van der Waals surface area contributed by atoms with Crippen molar-refractivity contribution in [3.8, 4) is 5.75 Å². The lowest BCUT2D eigenvalue weighted by Gasteiger charge is -2.21. The van der Waals surface area contributed by atoms with Crippen LogP contribution in [0.5, 0.6) is 5.75 Å². The molecule has 116 valence electrons. The van der Waals surface area contributed by atoms with Gasteiger partial charge in [-0.05, 0) is 43.6 Å². The maximum absolute atomic E-state index is 6.40. The molecule has 3 atom stereocenters. The van der Waals surface area contributed by atoms with Crippen molar-refractivity contribution in [1.29, 1.82) is 0 Å². The van der Waals surface area contributed by atoms with Crippen LogP contribution in [0.4, 0.5) is 0 Å². The van der Waals surface area contributed by atoms with Crippen LogP contribution in [0.25, 0.3) is 0 Å². The highest BCUT2D eigenvalue weighted by molar-refractivity contribution is 6.32. The van der Waals surface area contributed by atoms with Crippen molar-refractivity contribution in [2.45, 2.75) is 25.0 Å². The van der Waals surface area contributed by atoms with E-state index in [2.05, 4.69) is 18.0 Å². The van der Waals surface area contributed by atoms with Crippen LogP contribution in [-0.4, -0.2) is 44.4 Å². The minimum absolute atomic E-state index is 0.129. The van der Waals surface area contributed by atoms with E-state index in [1.807, 2.05) is 12.1 Å². The van der Waals surface area contributed by atoms with Crippen molar-refractivity contribution in [2.24, 2.45) is 11.7 Å². The first kappa shape index (κ1) is 15.1. The van der Waals surface area contributed by atoms with Gasteiger partial charge in [0.05, 0.1) is 18.2 Å². The van der Waals surface area contributed by atoms with Gasteiger partial charge in [0, 0.05) is 19.0 Å². The lowest BCUT2D eigenvalue weighted by Crippen LogP contribution is -2.20. The predicted molar refractivity (Wildman–Crippen MR) is 83.8 cm³/mol. The van der Waals surface area contributed by atoms with Gasteiger partial charge in [-0.15, -0.1) is 0 Å². The maximum atomic E-state index is 6.40. The number of ether oxygens (including phenoxy) is 2. The van der Waals surface area contributed by atoms with E-state index in [0.29, 0.717) is 23.6 Å². The zero-order valence-electron chi connectivity index (χ0n) is 12.4. The first-order valence-corrected chi connectivity index (χ1v) is 7.99. The summed E-state index contributed by atoms with van der Waals surface area (Å²) in [6.45, 7) is 3.23. The Morgan fingerprint density at radius 3 is 2.95 bits per heavy atom. The van der Waals surface area contributed by atoms with Gasteiger partial charge < -0.3 is 15.2 Å². The summed E-state index contributed by atoms with van der Waals surface area (Å²) in [5, 5.41) is 0.684. The van der Waals surface area contributed by atoms with Gasteiger partial charge in [-0.3, -0.25) is 4.90 Å². The number of likely N-dealkylation sites (tertiary alicyclic amines) is 1. The van der Waals surface area contributed by atoms with Crippen LogP contribution in [-0.2, 0) is 4.74 Å². The monoisotopic (exact) mass is 310 g/mol. The number of halogens is 1. The molecule has 4 nitrogen and oxygen atoms in total. The highest BCUT2D eigenvalue weighted by atomic mass is 35.5. The number of hydrogen-bond donors (Lipinski definition) is 1. The number of rotatable bonds is 4. The molecule has 2 heterocycles. The molecule has 0 saturated carbocycles. The topological polar surface area (TPSA) is 47.7 Å². The Morgan fingerprint density at radius 1 is 1.48 bits per heavy atom. The fraction of sp³-hybridized carbons (Fsp3) is 0.625. The molecule has 0 aromatic heterocycles. The second kappa shape index (κ2) is 6.53. The number of nitrogens with two attached hydrogens (primary N) is 1. The standard InChI is InChI=1S/C16H23ClN2O2/c1-19-9-11(8-18)6-15(19)12-2-3-16(14(17)7-12)21-13-4-5-20-10-13/h2-3,7,11,13,15H,4-6,8-10,18H2,1H3. The number of hydrogen-bond acceptors (Lipinski definition) is 4. The van der Waals surface area contributed by atoms with Crippen LogP contribution in [0.15, 0.2) is 18.2 Å². The van der Waals surface area contributed by atoms with Crippen molar-refractivity contribution in [3.05, 3.63) is 28.8 Å². The lowest BCUT2D eigenvalue weighted by molar-refractivity contribution is 0.141. The summed E-state index contributed by atoms with van der Waals surface area (Å²) < 4.78 is 11.2. The van der Waals surface area contributed by atoms with Gasteiger partial charge in [0.25, 0.3) is 0 Å². The van der Waals surface area contributed by atoms with Gasteiger partial charge in [-0.1, -0.05) is 17.7 Å². The lowest BCUT2D eigenvalue weighted by atomic mass is 10.00. The molecule has 1 aromatic carbocycles. The fourth-order valence-corrected chi connectivity index (χ4v) is 3.50. The Kier molecular flexibility index (Phi) is 4.69. The summed E-state index contributed by atoms with van der Waals surface area (Å²) in [7, 11) is 2.15. The van der Waals surface area contributed by atoms with Crippen molar-refractivity contribution in [3.63, 3.8) is 0 Å². The van der Waals surface area contributed by atoms with E-state index in [1.54, 1.807) is 0 Å². The molecule has 2 N–H and O–H groups in total. The molecule has 3 rings (SSSR count). The van der Waals surface area contributed by atoms with E-state index < -0.39 is 0 Å². The first-order chi connectivity index (χ1) is 10.2. The van der Waals surface area contributed by atoms with E-state index in [-0.39, 0.29) is 6.10 Å². The molecule has 2 saturated heterocycles. The number of nitrogens with zero attached hydrogens (tertiary/aromatic N) is 1. The summed E-state index contributed by atoms with van der Waals surface area (Å²) in [5.74, 6) is 1.33. The molecule has 2 aliphatic rings. The van der Waals surface area contributed by atoms with Gasteiger partial charge in [-0.25, -0.2) is 0 Å². The van der Waals surface area contributed by atoms with Gasteiger partial charge in [0.15, 0.2) is 0 Å². The molecule has 2 fully saturated rings. The molecule has 21 heavy (non-hydrogen) atoms. The van der Waals surface area contributed by atoms with Crippen molar-refractivity contribution < 1.29 is 9.47 Å². The molecule has 2 aliphatic heterocycles. The van der Waals surface area contributed by atoms with Gasteiger partial charge >= 0.3 is 0 Å². The van der Waals surface area contributed by atoms with Crippen LogP contribution in [0.3, 0.4) is 0 Å². The minimum Gasteiger partial charge on any atom is -0.486 e. The van der Waals surface area contributed by atoms with Crippen LogP contribution >= 0.6 is 11.6 Å². The average Bonchev–Trinajstić information content (AvgIpc) is 3.10. The molecule has 0 bridgehead atoms. The minimum atomic E-state index is 0.129. The summed E-state index contributed by atoms with van der Waals surface area (Å²) >= 11 is 6.40. The highest BCUT2D eigenvalue weighted by Gasteiger charge is 2.30. The SMILES string of the molecule is CN1CC(CN)CC1c1ccc(OC2CCOC2)c(Cl)c1. The molecule has 5 heteroatoms. The molecule has 1 aromatic rings. The van der Waals surface area contributed by atoms with Crippen LogP contribution in [0, 0.1) is 5.92 Å². The van der Waals surface area contributed by atoms with Crippen molar-refractivity contribution in [1.82, 2.24) is 4.90 Å². The Morgan fingerprint density at radius 2 is 2.33 bits per heavy atom. The highest BCUT2D eigenvalue weighted by Crippen LogP contribution is 2.37. The van der Waals surface area contributed by atoms with E-state index in [4.69, 9.17) is 26.8 Å². The molecule has 3 unspecified atom stereocenters. The molecular weight excluding hydrogens is 288 g/mol. The summed E-state index contributed by atoms with van der Waals surface area (Å²) in [5.41, 5.74) is 7.04. The van der Waals surface area contributed by atoms with E-state index in [0.717, 1.165) is 38.3 Å². The van der Waals surface area contributed by atoms with Crippen LogP contribution in [0.1, 0.15) is 24.4 Å². The second-order valence-corrected chi connectivity index (χ2v) is 6.49. The van der Waals surface area contributed by atoms with E-state index in [1.165, 1.54) is 5.56 Å². The predicted octanol–water partition coefficient (Wildman–Crippen LogP) is 2.46. The smallest absolute Gasteiger partial charge is 0.138 e. The Hall–Kier alpha value is -0.810. The Balaban J connectivity index is 1.71. The number of benzene rings is 1. The quantitative estimate of drug-likeness (QED) is 0.928. The third kappa shape index (κ3) is 3.34. The van der Waals surface area contributed by atoms with Gasteiger partial charge in [-0.2, -0.15) is 0 Å².